The van der Waals surface area contributed by atoms with E-state index >= 15 is 0 Å². The van der Waals surface area contributed by atoms with Crippen molar-refractivity contribution in [2.24, 2.45) is 5.41 Å². The van der Waals surface area contributed by atoms with Crippen LogP contribution in [0.2, 0.25) is 0 Å². The zero-order chi connectivity index (χ0) is 24.3. The molecule has 0 aromatic heterocycles. The predicted octanol–water partition coefficient (Wildman–Crippen LogP) is 5.28. The molecule has 0 bridgehead atoms. The molecule has 0 saturated carbocycles. The molecule has 0 aliphatic carbocycles. The molecule has 0 radical (unpaired) electrons. The summed E-state index contributed by atoms with van der Waals surface area (Å²) in [5, 5.41) is 0. The maximum absolute atomic E-state index is 14.3. The van der Waals surface area contributed by atoms with E-state index in [9.17, 15) is 13.6 Å². The lowest BCUT2D eigenvalue weighted by Gasteiger charge is -2.36. The Morgan fingerprint density at radius 2 is 1.56 bits per heavy atom. The summed E-state index contributed by atoms with van der Waals surface area (Å²) in [6.07, 6.45) is 2.81. The minimum Gasteiger partial charge on any atom is -0.311 e. The molecular formula is C28H37F2N3O. The summed E-state index contributed by atoms with van der Waals surface area (Å²) in [5.74, 6) is -0.578. The van der Waals surface area contributed by atoms with Crippen molar-refractivity contribution in [3.63, 3.8) is 0 Å². The normalized spacial score (nSPS) is 20.1. The van der Waals surface area contributed by atoms with Crippen molar-refractivity contribution < 1.29 is 13.6 Å². The van der Waals surface area contributed by atoms with Crippen LogP contribution in [-0.4, -0.2) is 61.5 Å². The number of hydrogen-bond acceptors (Lipinski definition) is 3. The van der Waals surface area contributed by atoms with Crippen molar-refractivity contribution in [2.45, 2.75) is 46.0 Å². The molecule has 1 fully saturated rings. The fourth-order valence-corrected chi connectivity index (χ4v) is 5.02. The summed E-state index contributed by atoms with van der Waals surface area (Å²) in [6.45, 7) is 12.5. The maximum atomic E-state index is 14.3. The Morgan fingerprint density at radius 3 is 2.24 bits per heavy atom. The van der Waals surface area contributed by atoms with Crippen LogP contribution in [0.5, 0.6) is 0 Å². The van der Waals surface area contributed by atoms with Gasteiger partial charge in [0, 0.05) is 38.6 Å². The quantitative estimate of drug-likeness (QED) is 0.596. The molecule has 1 saturated heterocycles. The maximum Gasteiger partial charge on any atom is 0.241 e. The minimum absolute atomic E-state index is 0.0142. The number of rotatable bonds is 5. The van der Waals surface area contributed by atoms with E-state index in [1.165, 1.54) is 24.3 Å². The third-order valence-corrected chi connectivity index (χ3v) is 7.11. The highest BCUT2D eigenvalue weighted by molar-refractivity contribution is 5.96. The Morgan fingerprint density at radius 1 is 0.912 bits per heavy atom. The van der Waals surface area contributed by atoms with E-state index in [-0.39, 0.29) is 23.5 Å². The van der Waals surface area contributed by atoms with Crippen LogP contribution in [0.15, 0.2) is 42.5 Å². The van der Waals surface area contributed by atoms with Gasteiger partial charge >= 0.3 is 0 Å². The molecular weight excluding hydrogens is 432 g/mol. The molecule has 1 unspecified atom stereocenters. The molecule has 34 heavy (non-hydrogen) atoms. The Kier molecular flexibility index (Phi) is 7.68. The van der Waals surface area contributed by atoms with Crippen molar-refractivity contribution in [1.29, 1.82) is 0 Å². The van der Waals surface area contributed by atoms with Crippen LogP contribution in [0, 0.1) is 17.0 Å². The van der Waals surface area contributed by atoms with Crippen LogP contribution in [0.1, 0.15) is 57.1 Å². The topological polar surface area (TPSA) is 26.8 Å². The monoisotopic (exact) mass is 469 g/mol. The van der Waals surface area contributed by atoms with E-state index in [4.69, 9.17) is 0 Å². The number of nitrogens with zero attached hydrogens (tertiary/aromatic N) is 3. The molecule has 1 atom stereocenters. The van der Waals surface area contributed by atoms with Gasteiger partial charge in [-0.25, -0.2) is 8.78 Å². The standard InChI is InChI=1S/C28H37F2N3O/c1-28(2,3)12-14-31-15-17-32(18-16-31)20-27(34)33-13-4-5-24(21-6-8-22(29)9-7-21)25-11-10-23(30)19-26(25)33/h6-11,19,24H,4-5,12-18,20H2,1-3H3. The van der Waals surface area contributed by atoms with Gasteiger partial charge < -0.3 is 9.80 Å². The first kappa shape index (κ1) is 24.8. The summed E-state index contributed by atoms with van der Waals surface area (Å²) in [5.41, 5.74) is 2.91. The fraction of sp³-hybridized carbons (Fsp3) is 0.536. The number of hydrogen-bond donors (Lipinski definition) is 0. The first-order chi connectivity index (χ1) is 16.2. The molecule has 1 amide bonds. The van der Waals surface area contributed by atoms with Gasteiger partial charge in [0.05, 0.1) is 12.2 Å². The summed E-state index contributed by atoms with van der Waals surface area (Å²) in [7, 11) is 0. The first-order valence-corrected chi connectivity index (χ1v) is 12.5. The molecule has 0 N–H and O–H groups in total. The Bertz CT molecular complexity index is 978. The van der Waals surface area contributed by atoms with Crippen molar-refractivity contribution in [1.82, 2.24) is 9.80 Å². The van der Waals surface area contributed by atoms with E-state index in [1.807, 2.05) is 0 Å². The SMILES string of the molecule is CC(C)(C)CCN1CCN(CC(=O)N2CCCC(c3ccc(F)cc3)c3ccc(F)cc32)CC1. The van der Waals surface area contributed by atoms with Gasteiger partial charge in [0.25, 0.3) is 0 Å². The highest BCUT2D eigenvalue weighted by atomic mass is 19.1. The number of amides is 1. The number of carbonyl (C=O) groups excluding carboxylic acids is 1. The van der Waals surface area contributed by atoms with Crippen molar-refractivity contribution in [3.8, 4) is 0 Å². The van der Waals surface area contributed by atoms with E-state index < -0.39 is 0 Å². The van der Waals surface area contributed by atoms with Gasteiger partial charge in [-0.2, -0.15) is 0 Å². The van der Waals surface area contributed by atoms with Gasteiger partial charge in [0.15, 0.2) is 0 Å². The predicted molar refractivity (Wildman–Crippen MR) is 133 cm³/mol. The van der Waals surface area contributed by atoms with Crippen LogP contribution in [-0.2, 0) is 4.79 Å². The van der Waals surface area contributed by atoms with E-state index in [0.717, 1.165) is 63.1 Å². The molecule has 184 valence electrons. The van der Waals surface area contributed by atoms with Gasteiger partial charge in [0.2, 0.25) is 5.91 Å². The second kappa shape index (κ2) is 10.5. The molecule has 0 spiro atoms. The van der Waals surface area contributed by atoms with E-state index in [2.05, 4.69) is 30.6 Å². The minimum atomic E-state index is -0.344. The van der Waals surface area contributed by atoms with Gasteiger partial charge in [-0.1, -0.05) is 39.0 Å². The second-order valence-electron chi connectivity index (χ2n) is 10.9. The van der Waals surface area contributed by atoms with Gasteiger partial charge in [0.1, 0.15) is 11.6 Å². The number of piperazine rings is 1. The first-order valence-electron chi connectivity index (χ1n) is 12.5. The fourth-order valence-electron chi connectivity index (χ4n) is 5.02. The lowest BCUT2D eigenvalue weighted by atomic mass is 9.87. The zero-order valence-corrected chi connectivity index (χ0v) is 20.7. The lowest BCUT2D eigenvalue weighted by molar-refractivity contribution is -0.120. The second-order valence-corrected chi connectivity index (χ2v) is 10.9. The number of carbonyl (C=O) groups is 1. The largest absolute Gasteiger partial charge is 0.311 e. The Balaban J connectivity index is 1.45. The Labute approximate surface area is 202 Å². The van der Waals surface area contributed by atoms with Gasteiger partial charge in [-0.05, 0) is 66.6 Å². The molecule has 2 aromatic rings. The van der Waals surface area contributed by atoms with Crippen LogP contribution in [0.3, 0.4) is 0 Å². The highest BCUT2D eigenvalue weighted by Gasteiger charge is 2.29. The molecule has 4 rings (SSSR count). The van der Waals surface area contributed by atoms with Crippen molar-refractivity contribution in [2.75, 3.05) is 50.7 Å². The van der Waals surface area contributed by atoms with Crippen LogP contribution < -0.4 is 4.90 Å². The number of fused-ring (bicyclic) bond motifs is 1. The van der Waals surface area contributed by atoms with Crippen molar-refractivity contribution in [3.05, 3.63) is 65.2 Å². The van der Waals surface area contributed by atoms with Crippen LogP contribution in [0.4, 0.5) is 14.5 Å². The van der Waals surface area contributed by atoms with Crippen LogP contribution >= 0.6 is 0 Å². The molecule has 4 nitrogen and oxygen atoms in total. The average molecular weight is 470 g/mol. The summed E-state index contributed by atoms with van der Waals surface area (Å²) < 4.78 is 27.8. The van der Waals surface area contributed by atoms with Crippen molar-refractivity contribution >= 4 is 11.6 Å². The molecule has 2 aliphatic heterocycles. The molecule has 2 aromatic carbocycles. The highest BCUT2D eigenvalue weighted by Crippen LogP contribution is 2.39. The van der Waals surface area contributed by atoms with Gasteiger partial charge in [-0.15, -0.1) is 0 Å². The summed E-state index contributed by atoms with van der Waals surface area (Å²) >= 11 is 0. The third kappa shape index (κ3) is 6.22. The van der Waals surface area contributed by atoms with E-state index in [1.54, 1.807) is 23.1 Å². The van der Waals surface area contributed by atoms with Crippen LogP contribution in [0.25, 0.3) is 0 Å². The average Bonchev–Trinajstić information content (AvgIpc) is 2.98. The van der Waals surface area contributed by atoms with E-state index in [0.29, 0.717) is 24.2 Å². The summed E-state index contributed by atoms with van der Waals surface area (Å²) in [6, 6.07) is 11.3. The third-order valence-electron chi connectivity index (χ3n) is 7.11. The number of anilines is 1. The van der Waals surface area contributed by atoms with Gasteiger partial charge in [-0.3, -0.25) is 9.69 Å². The number of benzene rings is 2. The molecule has 6 heteroatoms. The zero-order valence-electron chi connectivity index (χ0n) is 20.7. The molecule has 2 heterocycles. The summed E-state index contributed by atoms with van der Waals surface area (Å²) in [4.78, 5) is 19.9. The lowest BCUT2D eigenvalue weighted by Crippen LogP contribution is -2.50. The smallest absolute Gasteiger partial charge is 0.241 e. The molecule has 2 aliphatic rings. The Hall–Kier alpha value is -2.31. The number of halogens is 2.